The van der Waals surface area contributed by atoms with Gasteiger partial charge in [-0.05, 0) is 60.1 Å². The van der Waals surface area contributed by atoms with E-state index in [1.807, 2.05) is 56.4 Å². The lowest BCUT2D eigenvalue weighted by Crippen LogP contribution is -2.12. The van der Waals surface area contributed by atoms with Gasteiger partial charge in [0.1, 0.15) is 22.2 Å². The molecule has 0 amide bonds. The number of aromatic nitrogens is 5. The summed E-state index contributed by atoms with van der Waals surface area (Å²) in [5.74, 6) is 0.692. The first-order valence-corrected chi connectivity index (χ1v) is 8.96. The molecular weight excluding hydrogens is 394 g/mol. The molecule has 0 unspecified atom stereocenters. The van der Waals surface area contributed by atoms with Crippen molar-refractivity contribution >= 4 is 27.0 Å². The maximum Gasteiger partial charge on any atom is 0.143 e. The molecule has 0 N–H and O–H groups in total. The first-order valence-electron chi connectivity index (χ1n) is 8.17. The van der Waals surface area contributed by atoms with Crippen LogP contribution in [0.2, 0.25) is 0 Å². The lowest BCUT2D eigenvalue weighted by molar-refractivity contribution is 0.219. The van der Waals surface area contributed by atoms with Gasteiger partial charge >= 0.3 is 0 Å². The molecule has 0 aromatic carbocycles. The van der Waals surface area contributed by atoms with Crippen LogP contribution < -0.4 is 4.74 Å². The predicted molar refractivity (Wildman–Crippen MR) is 102 cm³/mol. The van der Waals surface area contributed by atoms with E-state index in [2.05, 4.69) is 36.0 Å². The number of ether oxygens (including phenoxy) is 1. The fraction of sp³-hybridized carbons (Fsp3) is 0.158. The predicted octanol–water partition coefficient (Wildman–Crippen LogP) is 4.42. The number of nitrogens with zero attached hydrogens (tertiary/aromatic N) is 5. The summed E-state index contributed by atoms with van der Waals surface area (Å²) in [6.07, 6.45) is 5.07. The molecule has 0 aliphatic carbocycles. The fourth-order valence-corrected chi connectivity index (χ4v) is 3.11. The van der Waals surface area contributed by atoms with E-state index in [0.29, 0.717) is 5.75 Å². The topological polar surface area (TPSA) is 65.7 Å². The number of halogens is 1. The van der Waals surface area contributed by atoms with Crippen LogP contribution in [0.4, 0.5) is 0 Å². The second-order valence-electron chi connectivity index (χ2n) is 5.86. The van der Waals surface area contributed by atoms with E-state index >= 15 is 0 Å². The molecule has 0 radical (unpaired) electrons. The molecule has 0 saturated heterocycles. The van der Waals surface area contributed by atoms with E-state index in [4.69, 9.17) is 4.74 Å². The summed E-state index contributed by atoms with van der Waals surface area (Å²) in [6, 6.07) is 11.5. The van der Waals surface area contributed by atoms with E-state index in [-0.39, 0.29) is 6.10 Å². The van der Waals surface area contributed by atoms with Crippen LogP contribution >= 0.6 is 15.9 Å². The second kappa shape index (κ2) is 6.84. The van der Waals surface area contributed by atoms with Crippen molar-refractivity contribution in [3.63, 3.8) is 0 Å². The first kappa shape index (κ1) is 16.7. The number of hydrogen-bond acceptors (Lipinski definition) is 5. The second-order valence-corrected chi connectivity index (χ2v) is 6.68. The average Bonchev–Trinajstić information content (AvgIpc) is 3.16. The molecule has 1 atom stereocenters. The number of aryl methyl sites for hydroxylation is 1. The molecule has 0 fully saturated rings. The summed E-state index contributed by atoms with van der Waals surface area (Å²) < 4.78 is 8.73. The largest absolute Gasteiger partial charge is 0.482 e. The number of fused-ring (bicyclic) bond motifs is 1. The molecule has 6 nitrogen and oxygen atoms in total. The van der Waals surface area contributed by atoms with Gasteiger partial charge in [-0.1, -0.05) is 0 Å². The fourth-order valence-electron chi connectivity index (χ4n) is 2.79. The Balaban J connectivity index is 1.72. The summed E-state index contributed by atoms with van der Waals surface area (Å²) in [4.78, 5) is 13.5. The minimum Gasteiger partial charge on any atom is -0.482 e. The van der Waals surface area contributed by atoms with E-state index in [1.165, 1.54) is 0 Å². The van der Waals surface area contributed by atoms with Crippen molar-refractivity contribution in [3.05, 3.63) is 71.0 Å². The number of hydrogen-bond donors (Lipinski definition) is 0. The molecule has 4 heterocycles. The van der Waals surface area contributed by atoms with Gasteiger partial charge < -0.3 is 4.74 Å². The highest BCUT2D eigenvalue weighted by molar-refractivity contribution is 9.10. The molecule has 7 heteroatoms. The minimum absolute atomic E-state index is 0.298. The zero-order valence-electron chi connectivity index (χ0n) is 14.3. The van der Waals surface area contributed by atoms with E-state index < -0.39 is 0 Å². The van der Waals surface area contributed by atoms with Crippen LogP contribution in [0.3, 0.4) is 0 Å². The third-order valence-corrected chi connectivity index (χ3v) is 4.48. The van der Waals surface area contributed by atoms with Gasteiger partial charge in [0, 0.05) is 24.7 Å². The van der Waals surface area contributed by atoms with Crippen LogP contribution in [0.5, 0.6) is 5.75 Å². The lowest BCUT2D eigenvalue weighted by Gasteiger charge is -2.19. The van der Waals surface area contributed by atoms with E-state index in [1.54, 1.807) is 17.1 Å². The van der Waals surface area contributed by atoms with Gasteiger partial charge in [-0.25, -0.2) is 14.6 Å². The van der Waals surface area contributed by atoms with Crippen LogP contribution in [0.25, 0.3) is 16.7 Å². The molecule has 4 rings (SSSR count). The van der Waals surface area contributed by atoms with Crippen molar-refractivity contribution in [1.29, 1.82) is 0 Å². The number of pyridine rings is 3. The Kier molecular flexibility index (Phi) is 4.38. The summed E-state index contributed by atoms with van der Waals surface area (Å²) in [7, 11) is 0. The molecule has 0 aliphatic rings. The van der Waals surface area contributed by atoms with Crippen LogP contribution in [-0.2, 0) is 0 Å². The monoisotopic (exact) mass is 409 g/mol. The van der Waals surface area contributed by atoms with Crippen LogP contribution in [-0.4, -0.2) is 24.7 Å². The summed E-state index contributed by atoms with van der Waals surface area (Å²) in [5.41, 5.74) is 4.12. The molecule has 4 aromatic rings. The zero-order valence-corrected chi connectivity index (χ0v) is 15.9. The van der Waals surface area contributed by atoms with Crippen LogP contribution in [0, 0.1) is 6.92 Å². The Morgan fingerprint density at radius 3 is 2.77 bits per heavy atom. The molecule has 0 bridgehead atoms. The molecule has 4 aromatic heterocycles. The third kappa shape index (κ3) is 3.17. The summed E-state index contributed by atoms with van der Waals surface area (Å²) in [6.45, 7) is 3.89. The van der Waals surface area contributed by atoms with Gasteiger partial charge in [-0.3, -0.25) is 4.98 Å². The SMILES string of the molecule is Cc1nc2cccnc2cc1O[C@@H](C)c1nc(Br)ccc1-n1cccn1. The molecule has 130 valence electrons. The molecule has 0 spiro atoms. The first-order chi connectivity index (χ1) is 12.6. The Hall–Kier alpha value is -2.80. The molecule has 0 aliphatic heterocycles. The Morgan fingerprint density at radius 1 is 1.08 bits per heavy atom. The molecular formula is C19H16BrN5O. The Morgan fingerprint density at radius 2 is 1.96 bits per heavy atom. The highest BCUT2D eigenvalue weighted by Gasteiger charge is 2.18. The van der Waals surface area contributed by atoms with Crippen molar-refractivity contribution in [1.82, 2.24) is 24.7 Å². The standard InChI is InChI=1S/C19H16BrN5O/c1-12-17(11-15-14(23-12)5-3-8-21-15)26-13(2)19-16(6-7-18(20)24-19)25-10-4-9-22-25/h3-11,13H,1-2H3/t13-/m0/s1. The minimum atomic E-state index is -0.298. The Labute approximate surface area is 159 Å². The number of rotatable bonds is 4. The maximum absolute atomic E-state index is 6.21. The summed E-state index contributed by atoms with van der Waals surface area (Å²) >= 11 is 3.44. The highest BCUT2D eigenvalue weighted by atomic mass is 79.9. The van der Waals surface area contributed by atoms with Crippen LogP contribution in [0.1, 0.15) is 24.4 Å². The van der Waals surface area contributed by atoms with Gasteiger partial charge in [0.05, 0.1) is 22.4 Å². The molecule has 0 saturated carbocycles. The molecule has 26 heavy (non-hydrogen) atoms. The highest BCUT2D eigenvalue weighted by Crippen LogP contribution is 2.29. The van der Waals surface area contributed by atoms with Gasteiger partial charge in [-0.2, -0.15) is 5.10 Å². The quantitative estimate of drug-likeness (QED) is 0.466. The average molecular weight is 410 g/mol. The van der Waals surface area contributed by atoms with Crippen molar-refractivity contribution in [3.8, 4) is 11.4 Å². The smallest absolute Gasteiger partial charge is 0.143 e. The van der Waals surface area contributed by atoms with Crippen LogP contribution in [0.15, 0.2) is 59.6 Å². The maximum atomic E-state index is 6.21. The van der Waals surface area contributed by atoms with Crippen molar-refractivity contribution in [2.75, 3.05) is 0 Å². The van der Waals surface area contributed by atoms with E-state index in [0.717, 1.165) is 32.7 Å². The lowest BCUT2D eigenvalue weighted by atomic mass is 10.2. The van der Waals surface area contributed by atoms with Crippen molar-refractivity contribution in [2.24, 2.45) is 0 Å². The van der Waals surface area contributed by atoms with Gasteiger partial charge in [0.2, 0.25) is 0 Å². The third-order valence-electron chi connectivity index (χ3n) is 4.04. The van der Waals surface area contributed by atoms with Gasteiger partial charge in [0.25, 0.3) is 0 Å². The zero-order chi connectivity index (χ0) is 18.1. The van der Waals surface area contributed by atoms with Gasteiger partial charge in [0.15, 0.2) is 0 Å². The van der Waals surface area contributed by atoms with Crippen molar-refractivity contribution < 1.29 is 4.74 Å². The summed E-state index contributed by atoms with van der Waals surface area (Å²) in [5, 5.41) is 4.31. The Bertz CT molecular complexity index is 1060. The van der Waals surface area contributed by atoms with Crippen molar-refractivity contribution in [2.45, 2.75) is 20.0 Å². The van der Waals surface area contributed by atoms with E-state index in [9.17, 15) is 0 Å². The normalized spacial score (nSPS) is 12.3. The van der Waals surface area contributed by atoms with Gasteiger partial charge in [-0.15, -0.1) is 0 Å².